The number of benzene rings is 4. The molecule has 164 valence electrons. The van der Waals surface area contributed by atoms with Gasteiger partial charge in [0.1, 0.15) is 0 Å². The van der Waals surface area contributed by atoms with Gasteiger partial charge in [0, 0.05) is 0 Å². The average Bonchev–Trinajstić information content (AvgIpc) is 2.83. The van der Waals surface area contributed by atoms with Crippen molar-refractivity contribution < 1.29 is 4.74 Å². The minimum atomic E-state index is -1.37. The summed E-state index contributed by atoms with van der Waals surface area (Å²) in [6.07, 6.45) is 4.57. The molecule has 0 bridgehead atoms. The van der Waals surface area contributed by atoms with E-state index >= 15 is 0 Å². The van der Waals surface area contributed by atoms with Crippen LogP contribution in [0.5, 0.6) is 5.75 Å². The fourth-order valence-electron chi connectivity index (χ4n) is 3.83. The van der Waals surface area contributed by atoms with E-state index in [1.807, 2.05) is 11.4 Å². The van der Waals surface area contributed by atoms with E-state index in [4.69, 9.17) is 4.74 Å². The minimum absolute atomic E-state index is 0.0947. The molecule has 0 aromatic heterocycles. The Kier molecular flexibility index (Phi) is 8.33. The Labute approximate surface area is 203 Å². The second-order valence-electron chi connectivity index (χ2n) is 8.03. The maximum atomic E-state index is 6.39. The van der Waals surface area contributed by atoms with Gasteiger partial charge >= 0.3 is 204 Å². The van der Waals surface area contributed by atoms with Crippen molar-refractivity contribution in [2.75, 3.05) is 12.3 Å². The van der Waals surface area contributed by atoms with Crippen molar-refractivity contribution >= 4 is 42.0 Å². The Balaban J connectivity index is 1.45. The molecule has 0 saturated heterocycles. The van der Waals surface area contributed by atoms with Crippen LogP contribution >= 0.6 is 16.1 Å². The molecule has 4 rings (SSSR count). The summed E-state index contributed by atoms with van der Waals surface area (Å²) >= 11 is 5.69. The summed E-state index contributed by atoms with van der Waals surface area (Å²) in [6, 6.07) is 36.5. The Bertz CT molecular complexity index is 1130. The summed E-state index contributed by atoms with van der Waals surface area (Å²) in [5.41, 5.74) is 2.92. The third kappa shape index (κ3) is 6.87. The third-order valence-corrected chi connectivity index (χ3v) is 15.2. The second-order valence-corrected chi connectivity index (χ2v) is 20.1. The van der Waals surface area contributed by atoms with Crippen LogP contribution in [-0.2, 0) is 12.8 Å². The molecule has 0 amide bonds. The first kappa shape index (κ1) is 23.4. The van der Waals surface area contributed by atoms with Crippen molar-refractivity contribution in [2.24, 2.45) is 0 Å². The topological polar surface area (TPSA) is 9.23 Å². The van der Waals surface area contributed by atoms with E-state index in [2.05, 4.69) is 125 Å². The number of hydrogen-bond acceptors (Lipinski definition) is 2. The second kappa shape index (κ2) is 11.4. The van der Waals surface area contributed by atoms with E-state index in [0.29, 0.717) is 0 Å². The van der Waals surface area contributed by atoms with Crippen molar-refractivity contribution in [1.82, 2.24) is 0 Å². The number of ether oxygens (including phenoxy) is 1. The van der Waals surface area contributed by atoms with Gasteiger partial charge in [0.25, 0.3) is 0 Å². The van der Waals surface area contributed by atoms with Crippen LogP contribution < -0.4 is 4.74 Å². The predicted molar refractivity (Wildman–Crippen MR) is 144 cm³/mol. The first-order chi connectivity index (χ1) is 15.6. The molecular formula is C28H29OPSSe. The standard InChI is InChI=1S/C28H29OPSSe/c1-23(29-28-17-16-26-14-8-9-15-27(26)22-28)31-30(32,20-18-24-10-4-2-5-11-24)21-19-25-12-6-3-7-13-25/h2-17,22-23H,18-21H2,1H3. The van der Waals surface area contributed by atoms with E-state index in [-0.39, 0.29) is 5.44 Å². The van der Waals surface area contributed by atoms with Crippen LogP contribution in [0.2, 0.25) is 0 Å². The summed E-state index contributed by atoms with van der Waals surface area (Å²) in [5.74, 6) is 0.946. The Hall–Kier alpha value is -1.76. The van der Waals surface area contributed by atoms with E-state index in [9.17, 15) is 0 Å². The monoisotopic (exact) mass is 524 g/mol. The van der Waals surface area contributed by atoms with Gasteiger partial charge < -0.3 is 0 Å². The number of fused-ring (bicyclic) bond motifs is 1. The van der Waals surface area contributed by atoms with Crippen molar-refractivity contribution in [1.29, 1.82) is 0 Å². The molecule has 0 spiro atoms. The molecular weight excluding hydrogens is 494 g/mol. The van der Waals surface area contributed by atoms with Crippen LogP contribution in [0, 0.1) is 0 Å². The summed E-state index contributed by atoms with van der Waals surface area (Å²) in [5, 5.41) is 2.47. The summed E-state index contributed by atoms with van der Waals surface area (Å²) < 4.78 is 5.02. The SMILES string of the molecule is CC(Oc1ccc2ccccc2c1)SP(=[Se])(CCc1ccccc1)CCc1ccccc1. The molecule has 1 nitrogen and oxygen atoms in total. The fourth-order valence-corrected chi connectivity index (χ4v) is 12.5. The van der Waals surface area contributed by atoms with Crippen LogP contribution in [0.15, 0.2) is 103 Å². The quantitative estimate of drug-likeness (QED) is 0.119. The molecule has 0 N–H and O–H groups in total. The molecule has 0 fully saturated rings. The van der Waals surface area contributed by atoms with Crippen LogP contribution in [0.4, 0.5) is 0 Å². The van der Waals surface area contributed by atoms with Gasteiger partial charge in [-0.05, 0) is 0 Å². The van der Waals surface area contributed by atoms with Gasteiger partial charge in [-0.3, -0.25) is 0 Å². The first-order valence-electron chi connectivity index (χ1n) is 11.1. The van der Waals surface area contributed by atoms with Gasteiger partial charge in [-0.2, -0.15) is 0 Å². The Morgan fingerprint density at radius 2 is 1.25 bits per heavy atom. The maximum absolute atomic E-state index is 6.39. The molecule has 0 saturated carbocycles. The molecule has 0 aliphatic rings. The zero-order valence-corrected chi connectivity index (χ0v) is 21.8. The molecule has 0 aliphatic carbocycles. The molecule has 4 aromatic rings. The van der Waals surface area contributed by atoms with Gasteiger partial charge in [0.05, 0.1) is 0 Å². The number of rotatable bonds is 10. The van der Waals surface area contributed by atoms with Crippen molar-refractivity contribution in [3.8, 4) is 5.75 Å². The van der Waals surface area contributed by atoms with Gasteiger partial charge in [0.15, 0.2) is 0 Å². The van der Waals surface area contributed by atoms with Gasteiger partial charge in [-0.15, -0.1) is 0 Å². The number of hydrogen-bond donors (Lipinski definition) is 0. The molecule has 32 heavy (non-hydrogen) atoms. The zero-order valence-electron chi connectivity index (χ0n) is 18.4. The predicted octanol–water partition coefficient (Wildman–Crippen LogP) is 7.80. The molecule has 4 heteroatoms. The van der Waals surface area contributed by atoms with E-state index < -0.39 is 4.71 Å². The Morgan fingerprint density at radius 1 is 0.719 bits per heavy atom. The zero-order chi connectivity index (χ0) is 22.2. The fraction of sp³-hybridized carbons (Fsp3) is 0.214. The van der Waals surface area contributed by atoms with Crippen LogP contribution in [0.25, 0.3) is 10.8 Å². The molecule has 0 aliphatic heterocycles. The van der Waals surface area contributed by atoms with E-state index in [1.165, 1.54) is 34.2 Å². The molecule has 1 atom stereocenters. The summed E-state index contributed by atoms with van der Waals surface area (Å²) in [4.78, 5) is 0. The van der Waals surface area contributed by atoms with Crippen LogP contribution in [-0.4, -0.2) is 32.9 Å². The molecule has 0 heterocycles. The van der Waals surface area contributed by atoms with Crippen molar-refractivity contribution in [3.63, 3.8) is 0 Å². The summed E-state index contributed by atoms with van der Waals surface area (Å²) in [6.45, 7) is 2.19. The Morgan fingerprint density at radius 3 is 1.84 bits per heavy atom. The average molecular weight is 524 g/mol. The summed E-state index contributed by atoms with van der Waals surface area (Å²) in [7, 11) is 0. The van der Waals surface area contributed by atoms with Gasteiger partial charge in [0.2, 0.25) is 0 Å². The van der Waals surface area contributed by atoms with Gasteiger partial charge in [-0.25, -0.2) is 0 Å². The van der Waals surface area contributed by atoms with Crippen LogP contribution in [0.1, 0.15) is 18.1 Å². The normalized spacial score (nSPS) is 12.5. The van der Waals surface area contributed by atoms with E-state index in [1.54, 1.807) is 0 Å². The van der Waals surface area contributed by atoms with Crippen molar-refractivity contribution in [3.05, 3.63) is 114 Å². The molecule has 1 unspecified atom stereocenters. The first-order valence-corrected chi connectivity index (χ1v) is 17.0. The third-order valence-electron chi connectivity index (χ3n) is 5.53. The van der Waals surface area contributed by atoms with E-state index in [0.717, 1.165) is 18.6 Å². The molecule has 4 aromatic carbocycles. The van der Waals surface area contributed by atoms with Crippen molar-refractivity contribution in [2.45, 2.75) is 25.2 Å². The molecule has 0 radical (unpaired) electrons. The number of aryl methyl sites for hydroxylation is 2. The van der Waals surface area contributed by atoms with Gasteiger partial charge in [-0.1, -0.05) is 0 Å². The van der Waals surface area contributed by atoms with Crippen LogP contribution in [0.3, 0.4) is 0 Å².